The van der Waals surface area contributed by atoms with Gasteiger partial charge in [0, 0.05) is 0 Å². The van der Waals surface area contributed by atoms with Crippen molar-refractivity contribution in [1.82, 2.24) is 0 Å². The fourth-order valence-electron chi connectivity index (χ4n) is 1.84. The Balaban J connectivity index is 0.00000172. The van der Waals surface area contributed by atoms with E-state index in [0.29, 0.717) is 5.75 Å². The van der Waals surface area contributed by atoms with Gasteiger partial charge in [-0.2, -0.15) is 0 Å². The second-order valence-electron chi connectivity index (χ2n) is 4.69. The molecule has 1 aromatic rings. The zero-order chi connectivity index (χ0) is 15.5. The number of aliphatic hydroxyl groups excluding tert-OH is 1. The largest absolute Gasteiger partial charge is 0.493 e. The number of methoxy groups -OCH3 is 1. The van der Waals surface area contributed by atoms with Crippen LogP contribution in [0, 0.1) is 6.92 Å². The Morgan fingerprint density at radius 1 is 1.20 bits per heavy atom. The van der Waals surface area contributed by atoms with E-state index in [2.05, 4.69) is 6.92 Å². The molecule has 0 spiro atoms. The molecule has 3 nitrogen and oxygen atoms in total. The second-order valence-corrected chi connectivity index (χ2v) is 4.69. The summed E-state index contributed by atoms with van der Waals surface area (Å²) >= 11 is 0. The molecule has 0 aromatic heterocycles. The van der Waals surface area contributed by atoms with Gasteiger partial charge in [-0.3, -0.25) is 0 Å². The van der Waals surface area contributed by atoms with Gasteiger partial charge in [0.05, 0.1) is 13.2 Å². The second kappa shape index (κ2) is 10.6. The monoisotopic (exact) mass is 282 g/mol. The minimum absolute atomic E-state index is 0.179. The standard InChI is InChI=1S/C15H24O3.C2H6/c1-5-6-7-13(12(3)16)18-14-9-8-11(2)10-15(14)17-4;1-2/h8-10,12-13,16H,5-7H2,1-4H3;1-2H3. The van der Waals surface area contributed by atoms with Gasteiger partial charge in [-0.25, -0.2) is 0 Å². The van der Waals surface area contributed by atoms with Crippen molar-refractivity contribution in [2.75, 3.05) is 7.11 Å². The van der Waals surface area contributed by atoms with Crippen molar-refractivity contribution in [2.24, 2.45) is 0 Å². The van der Waals surface area contributed by atoms with E-state index in [-0.39, 0.29) is 6.10 Å². The Morgan fingerprint density at radius 3 is 2.35 bits per heavy atom. The first-order valence-corrected chi connectivity index (χ1v) is 7.57. The van der Waals surface area contributed by atoms with Crippen molar-refractivity contribution in [2.45, 2.75) is 66.1 Å². The van der Waals surface area contributed by atoms with Crippen LogP contribution >= 0.6 is 0 Å². The Labute approximate surface area is 123 Å². The highest BCUT2D eigenvalue weighted by atomic mass is 16.5. The number of benzene rings is 1. The number of ether oxygens (including phenoxy) is 2. The summed E-state index contributed by atoms with van der Waals surface area (Å²) in [6.07, 6.45) is 2.33. The van der Waals surface area contributed by atoms with Crippen LogP contribution < -0.4 is 9.47 Å². The van der Waals surface area contributed by atoms with Crippen LogP contribution in [0.3, 0.4) is 0 Å². The lowest BCUT2D eigenvalue weighted by molar-refractivity contribution is 0.0404. The maximum Gasteiger partial charge on any atom is 0.161 e. The van der Waals surface area contributed by atoms with Gasteiger partial charge in [-0.1, -0.05) is 33.3 Å². The maximum absolute atomic E-state index is 9.75. The number of hydrogen-bond acceptors (Lipinski definition) is 3. The molecule has 0 saturated heterocycles. The highest BCUT2D eigenvalue weighted by molar-refractivity contribution is 5.42. The third-order valence-corrected chi connectivity index (χ3v) is 2.98. The number of aryl methyl sites for hydroxylation is 1. The molecule has 0 aliphatic rings. The van der Waals surface area contributed by atoms with Crippen molar-refractivity contribution in [3.63, 3.8) is 0 Å². The fraction of sp³-hybridized carbons (Fsp3) is 0.647. The zero-order valence-electron chi connectivity index (χ0n) is 13.8. The van der Waals surface area contributed by atoms with E-state index < -0.39 is 6.10 Å². The number of rotatable bonds is 7. The van der Waals surface area contributed by atoms with Gasteiger partial charge in [0.1, 0.15) is 6.10 Å². The average molecular weight is 282 g/mol. The van der Waals surface area contributed by atoms with E-state index in [4.69, 9.17) is 9.47 Å². The first kappa shape index (κ1) is 18.8. The molecule has 0 amide bonds. The molecule has 0 saturated carbocycles. The fourth-order valence-corrected chi connectivity index (χ4v) is 1.84. The molecule has 1 rings (SSSR count). The molecule has 0 aliphatic carbocycles. The Morgan fingerprint density at radius 2 is 1.85 bits per heavy atom. The van der Waals surface area contributed by atoms with Crippen LogP contribution in [0.4, 0.5) is 0 Å². The third kappa shape index (κ3) is 6.29. The van der Waals surface area contributed by atoms with Crippen molar-refractivity contribution in [1.29, 1.82) is 0 Å². The van der Waals surface area contributed by atoms with E-state index >= 15 is 0 Å². The summed E-state index contributed by atoms with van der Waals surface area (Å²) in [5.74, 6) is 1.42. The normalized spacial score (nSPS) is 12.9. The van der Waals surface area contributed by atoms with Crippen molar-refractivity contribution >= 4 is 0 Å². The molecule has 3 heteroatoms. The molecule has 0 bridgehead atoms. The van der Waals surface area contributed by atoms with Gasteiger partial charge >= 0.3 is 0 Å². The first-order valence-electron chi connectivity index (χ1n) is 7.57. The van der Waals surface area contributed by atoms with Gasteiger partial charge in [0.15, 0.2) is 11.5 Å². The Hall–Kier alpha value is -1.22. The molecule has 2 unspecified atom stereocenters. The topological polar surface area (TPSA) is 38.7 Å². The van der Waals surface area contributed by atoms with Crippen LogP contribution in [0.1, 0.15) is 52.5 Å². The average Bonchev–Trinajstić information content (AvgIpc) is 2.46. The van der Waals surface area contributed by atoms with Crippen molar-refractivity contribution in [3.8, 4) is 11.5 Å². The number of aliphatic hydroxyl groups is 1. The Bertz CT molecular complexity index is 361. The summed E-state index contributed by atoms with van der Waals surface area (Å²) in [5.41, 5.74) is 1.13. The van der Waals surface area contributed by atoms with Crippen LogP contribution in [0.5, 0.6) is 11.5 Å². The summed E-state index contributed by atoms with van der Waals surface area (Å²) in [7, 11) is 1.63. The van der Waals surface area contributed by atoms with Gasteiger partial charge in [0.2, 0.25) is 0 Å². The zero-order valence-corrected chi connectivity index (χ0v) is 13.8. The maximum atomic E-state index is 9.75. The molecule has 0 fully saturated rings. The number of unbranched alkanes of at least 4 members (excludes halogenated alkanes) is 1. The lowest BCUT2D eigenvalue weighted by Crippen LogP contribution is -2.29. The summed E-state index contributed by atoms with van der Waals surface area (Å²) in [5, 5.41) is 9.75. The molecule has 0 aliphatic heterocycles. The van der Waals surface area contributed by atoms with Gasteiger partial charge in [-0.05, 0) is 44.4 Å². The third-order valence-electron chi connectivity index (χ3n) is 2.98. The predicted molar refractivity (Wildman–Crippen MR) is 84.7 cm³/mol. The summed E-state index contributed by atoms with van der Waals surface area (Å²) in [6.45, 7) is 9.90. The van der Waals surface area contributed by atoms with Gasteiger partial charge in [-0.15, -0.1) is 0 Å². The molecule has 2 atom stereocenters. The number of hydrogen-bond donors (Lipinski definition) is 1. The van der Waals surface area contributed by atoms with Crippen molar-refractivity contribution < 1.29 is 14.6 Å². The highest BCUT2D eigenvalue weighted by Gasteiger charge is 2.18. The predicted octanol–water partition coefficient (Wildman–Crippen LogP) is 4.35. The molecular weight excluding hydrogens is 252 g/mol. The highest BCUT2D eigenvalue weighted by Crippen LogP contribution is 2.29. The van der Waals surface area contributed by atoms with Crippen LogP contribution in [-0.2, 0) is 0 Å². The van der Waals surface area contributed by atoms with E-state index in [1.54, 1.807) is 14.0 Å². The Kier molecular flexibility index (Phi) is 9.91. The summed E-state index contributed by atoms with van der Waals surface area (Å²) in [6, 6.07) is 5.82. The lowest BCUT2D eigenvalue weighted by Gasteiger charge is -2.23. The van der Waals surface area contributed by atoms with Crippen molar-refractivity contribution in [3.05, 3.63) is 23.8 Å². The summed E-state index contributed by atoms with van der Waals surface area (Å²) in [4.78, 5) is 0. The van der Waals surface area contributed by atoms with Crippen LogP contribution in [0.2, 0.25) is 0 Å². The summed E-state index contributed by atoms with van der Waals surface area (Å²) < 4.78 is 11.2. The van der Waals surface area contributed by atoms with E-state index in [1.165, 1.54) is 0 Å². The van der Waals surface area contributed by atoms with E-state index in [9.17, 15) is 5.11 Å². The molecular formula is C17H30O3. The lowest BCUT2D eigenvalue weighted by atomic mass is 10.1. The molecule has 20 heavy (non-hydrogen) atoms. The molecule has 1 aromatic carbocycles. The quantitative estimate of drug-likeness (QED) is 0.808. The first-order chi connectivity index (χ1) is 9.58. The molecule has 0 radical (unpaired) electrons. The van der Waals surface area contributed by atoms with E-state index in [1.807, 2.05) is 39.0 Å². The van der Waals surface area contributed by atoms with Gasteiger partial charge < -0.3 is 14.6 Å². The van der Waals surface area contributed by atoms with Crippen LogP contribution in [0.25, 0.3) is 0 Å². The molecule has 0 heterocycles. The SMILES string of the molecule is CC.CCCCC(Oc1ccc(C)cc1OC)C(C)O. The minimum Gasteiger partial charge on any atom is -0.493 e. The smallest absolute Gasteiger partial charge is 0.161 e. The van der Waals surface area contributed by atoms with Crippen LogP contribution in [0.15, 0.2) is 18.2 Å². The van der Waals surface area contributed by atoms with Crippen LogP contribution in [-0.4, -0.2) is 24.4 Å². The minimum atomic E-state index is -0.484. The van der Waals surface area contributed by atoms with Gasteiger partial charge in [0.25, 0.3) is 0 Å². The molecule has 116 valence electrons. The van der Waals surface area contributed by atoms with E-state index in [0.717, 1.165) is 30.6 Å². The molecule has 1 N–H and O–H groups in total.